The Hall–Kier alpha value is -3.06. The van der Waals surface area contributed by atoms with Crippen molar-refractivity contribution in [3.63, 3.8) is 0 Å². The number of amides is 1. The molecule has 2 aliphatic heterocycles. The number of likely N-dealkylation sites (tertiary alicyclic amines) is 1. The largest absolute Gasteiger partial charge is 0.373 e. The summed E-state index contributed by atoms with van der Waals surface area (Å²) in [5, 5.41) is 5.23. The van der Waals surface area contributed by atoms with Gasteiger partial charge in [-0.15, -0.1) is 0 Å². The Morgan fingerprint density at radius 2 is 1.90 bits per heavy atom. The molecule has 7 nitrogen and oxygen atoms in total. The second-order valence-corrected chi connectivity index (χ2v) is 8.54. The number of benzene rings is 1. The lowest BCUT2D eigenvalue weighted by Crippen LogP contribution is -2.39. The fourth-order valence-electron chi connectivity index (χ4n) is 4.75. The zero-order valence-corrected chi connectivity index (χ0v) is 18.1. The van der Waals surface area contributed by atoms with E-state index >= 15 is 0 Å². The van der Waals surface area contributed by atoms with E-state index in [9.17, 15) is 4.79 Å². The molecule has 0 unspecified atom stereocenters. The average molecular weight is 417 g/mol. The van der Waals surface area contributed by atoms with Crippen LogP contribution in [0, 0.1) is 0 Å². The molecule has 31 heavy (non-hydrogen) atoms. The van der Waals surface area contributed by atoms with Crippen LogP contribution in [0.1, 0.15) is 46.3 Å². The van der Waals surface area contributed by atoms with Crippen LogP contribution in [-0.2, 0) is 13.0 Å². The number of aromatic nitrogens is 3. The van der Waals surface area contributed by atoms with Crippen molar-refractivity contribution >= 4 is 22.5 Å². The number of anilines is 1. The topological polar surface area (TPSA) is 74.2 Å². The fourth-order valence-corrected chi connectivity index (χ4v) is 4.75. The van der Waals surface area contributed by atoms with Crippen molar-refractivity contribution in [3.05, 3.63) is 59.3 Å². The van der Waals surface area contributed by atoms with Crippen LogP contribution in [0.4, 0.5) is 5.82 Å². The summed E-state index contributed by atoms with van der Waals surface area (Å²) in [6, 6.07) is 9.88. The summed E-state index contributed by atoms with van der Waals surface area (Å²) in [6.45, 7) is 3.30. The number of pyridine rings is 1. The lowest BCUT2D eigenvalue weighted by Gasteiger charge is -2.32. The van der Waals surface area contributed by atoms with Crippen LogP contribution in [0.15, 0.2) is 36.5 Å². The Kier molecular flexibility index (Phi) is 5.28. The number of nitrogens with zero attached hydrogens (tertiary/aromatic N) is 5. The maximum Gasteiger partial charge on any atom is 0.273 e. The van der Waals surface area contributed by atoms with Gasteiger partial charge in [-0.05, 0) is 37.8 Å². The van der Waals surface area contributed by atoms with E-state index < -0.39 is 0 Å². The van der Waals surface area contributed by atoms with Gasteiger partial charge < -0.3 is 15.1 Å². The number of hydrogen-bond acceptors (Lipinski definition) is 6. The minimum absolute atomic E-state index is 0.0131. The molecule has 5 rings (SSSR count). The van der Waals surface area contributed by atoms with Crippen LogP contribution in [0.3, 0.4) is 0 Å². The van der Waals surface area contributed by atoms with Gasteiger partial charge in [-0.3, -0.25) is 9.78 Å². The second-order valence-electron chi connectivity index (χ2n) is 8.54. The molecule has 7 heteroatoms. The molecule has 0 bridgehead atoms. The third-order valence-corrected chi connectivity index (χ3v) is 6.53. The quantitative estimate of drug-likeness (QED) is 0.707. The van der Waals surface area contributed by atoms with E-state index in [2.05, 4.69) is 22.2 Å². The molecule has 4 heterocycles. The third kappa shape index (κ3) is 3.74. The van der Waals surface area contributed by atoms with Gasteiger partial charge in [-0.25, -0.2) is 9.97 Å². The molecule has 0 atom stereocenters. The summed E-state index contributed by atoms with van der Waals surface area (Å²) in [7, 11) is 4.07. The van der Waals surface area contributed by atoms with E-state index in [0.29, 0.717) is 18.8 Å². The van der Waals surface area contributed by atoms with E-state index in [-0.39, 0.29) is 11.8 Å². The Morgan fingerprint density at radius 3 is 2.71 bits per heavy atom. The van der Waals surface area contributed by atoms with E-state index in [4.69, 9.17) is 9.97 Å². The number of carbonyl (C=O) groups is 1. The Balaban J connectivity index is 1.34. The first-order valence-corrected chi connectivity index (χ1v) is 11.0. The first kappa shape index (κ1) is 19.9. The molecule has 0 radical (unpaired) electrons. The molecule has 1 amide bonds. The van der Waals surface area contributed by atoms with E-state index in [0.717, 1.165) is 60.5 Å². The van der Waals surface area contributed by atoms with Crippen LogP contribution >= 0.6 is 0 Å². The summed E-state index contributed by atoms with van der Waals surface area (Å²) in [4.78, 5) is 31.7. The molecule has 0 spiro atoms. The highest BCUT2D eigenvalue weighted by Gasteiger charge is 2.29. The highest BCUT2D eigenvalue weighted by Crippen LogP contribution is 2.31. The van der Waals surface area contributed by atoms with Crippen LogP contribution in [-0.4, -0.2) is 64.4 Å². The first-order chi connectivity index (χ1) is 15.1. The van der Waals surface area contributed by atoms with Gasteiger partial charge in [-0.1, -0.05) is 24.3 Å². The average Bonchev–Trinajstić information content (AvgIpc) is 2.82. The highest BCUT2D eigenvalue weighted by atomic mass is 16.2. The molecule has 3 aromatic rings. The standard InChI is InChI=1S/C24H28N6O/c1-25-23-19-10-12-29(2)15-20(19)27-22(28-23)17-8-13-30(14-9-17)24(31)21-18-6-4-3-5-16(18)7-11-26-21/h3-7,11,17H,8-10,12-15H2,1-2H3,(H,25,27,28). The number of fused-ring (bicyclic) bond motifs is 2. The minimum Gasteiger partial charge on any atom is -0.373 e. The number of piperidine rings is 1. The predicted octanol–water partition coefficient (Wildman–Crippen LogP) is 3.07. The predicted molar refractivity (Wildman–Crippen MR) is 121 cm³/mol. The van der Waals surface area contributed by atoms with Gasteiger partial charge in [0.05, 0.1) is 5.69 Å². The van der Waals surface area contributed by atoms with E-state index in [1.165, 1.54) is 5.56 Å². The number of carbonyl (C=O) groups excluding carboxylic acids is 1. The van der Waals surface area contributed by atoms with Crippen molar-refractivity contribution in [2.24, 2.45) is 0 Å². The van der Waals surface area contributed by atoms with Gasteiger partial charge in [0.2, 0.25) is 0 Å². The maximum atomic E-state index is 13.2. The third-order valence-electron chi connectivity index (χ3n) is 6.53. The summed E-state index contributed by atoms with van der Waals surface area (Å²) in [5.74, 6) is 2.16. The molecule has 160 valence electrons. The van der Waals surface area contributed by atoms with E-state index in [1.807, 2.05) is 42.3 Å². The van der Waals surface area contributed by atoms with Crippen LogP contribution in [0.5, 0.6) is 0 Å². The molecule has 1 saturated heterocycles. The van der Waals surface area contributed by atoms with Crippen molar-refractivity contribution in [2.75, 3.05) is 39.0 Å². The van der Waals surface area contributed by atoms with Gasteiger partial charge in [0, 0.05) is 56.3 Å². The summed E-state index contributed by atoms with van der Waals surface area (Å²) in [5.41, 5.74) is 2.93. The van der Waals surface area contributed by atoms with Crippen LogP contribution in [0.25, 0.3) is 10.8 Å². The minimum atomic E-state index is 0.0131. The van der Waals surface area contributed by atoms with Gasteiger partial charge in [-0.2, -0.15) is 0 Å². The molecular formula is C24H28N6O. The summed E-state index contributed by atoms with van der Waals surface area (Å²) >= 11 is 0. The fraction of sp³-hybridized carbons (Fsp3) is 0.417. The molecule has 2 aromatic heterocycles. The van der Waals surface area contributed by atoms with Crippen molar-refractivity contribution in [1.82, 2.24) is 24.8 Å². The zero-order chi connectivity index (χ0) is 21.4. The smallest absolute Gasteiger partial charge is 0.273 e. The van der Waals surface area contributed by atoms with E-state index in [1.54, 1.807) is 6.20 Å². The number of likely N-dealkylation sites (N-methyl/N-ethyl adjacent to an activating group) is 1. The summed E-state index contributed by atoms with van der Waals surface area (Å²) < 4.78 is 0. The van der Waals surface area contributed by atoms with Crippen LogP contribution < -0.4 is 5.32 Å². The van der Waals surface area contributed by atoms with Crippen molar-refractivity contribution in [3.8, 4) is 0 Å². The molecule has 0 saturated carbocycles. The number of rotatable bonds is 3. The van der Waals surface area contributed by atoms with Crippen molar-refractivity contribution in [1.29, 1.82) is 0 Å². The number of hydrogen-bond donors (Lipinski definition) is 1. The maximum absolute atomic E-state index is 13.2. The molecule has 1 aromatic carbocycles. The monoisotopic (exact) mass is 416 g/mol. The lowest BCUT2D eigenvalue weighted by molar-refractivity contribution is 0.0707. The molecule has 2 aliphatic rings. The highest BCUT2D eigenvalue weighted by molar-refractivity contribution is 6.05. The van der Waals surface area contributed by atoms with Crippen molar-refractivity contribution in [2.45, 2.75) is 31.7 Å². The SMILES string of the molecule is CNc1nc(C2CCN(C(=O)c3nccc4ccccc34)CC2)nc2c1CCN(C)C2. The zero-order valence-electron chi connectivity index (χ0n) is 18.1. The molecule has 0 aliphatic carbocycles. The molecule has 1 N–H and O–H groups in total. The Labute approximate surface area is 182 Å². The van der Waals surface area contributed by atoms with Crippen molar-refractivity contribution < 1.29 is 4.79 Å². The number of nitrogens with one attached hydrogen (secondary N) is 1. The van der Waals surface area contributed by atoms with Gasteiger partial charge in [0.1, 0.15) is 17.3 Å². The van der Waals surface area contributed by atoms with Gasteiger partial charge in [0.15, 0.2) is 0 Å². The Bertz CT molecular complexity index is 1120. The first-order valence-electron chi connectivity index (χ1n) is 11.0. The second kappa shape index (κ2) is 8.23. The normalized spacial score (nSPS) is 17.5. The van der Waals surface area contributed by atoms with Crippen LogP contribution in [0.2, 0.25) is 0 Å². The van der Waals surface area contributed by atoms with Gasteiger partial charge in [0.25, 0.3) is 5.91 Å². The molecule has 1 fully saturated rings. The molecular weight excluding hydrogens is 388 g/mol. The van der Waals surface area contributed by atoms with Gasteiger partial charge >= 0.3 is 0 Å². The summed E-state index contributed by atoms with van der Waals surface area (Å²) in [6.07, 6.45) is 4.44. The Morgan fingerprint density at radius 1 is 1.10 bits per heavy atom. The lowest BCUT2D eigenvalue weighted by atomic mass is 9.94.